The first kappa shape index (κ1) is 36.9. The standard InChI is InChI=1S/C42H48N4O8/c1-41(2)18-12-15-27-19-30-33(22-35(27)52-3)43-32(26-13-8-7-9-14-26)21-36(30)54-29-20-34-37(47)45-42(39(49)50)23-28(42)16-10-5-4-6-11-17-31(38(48)46(34)24-29)44-40(51)53-25-41/h7-10,12-16,19,21-22,28-29,31,34H,4-6,11,17-18,20,23-25H2,1-3H3,(H,44,51)(H,45,47)(H,49,50)/b15-12+,16-10+/t28-,29-,31+,34+,42-/m1/s1. The number of nitrogens with zero attached hydrogens (tertiary/aromatic N) is 2. The van der Waals surface area contributed by atoms with Crippen molar-refractivity contribution in [2.24, 2.45) is 11.3 Å². The second kappa shape index (κ2) is 15.2. The molecule has 2 fully saturated rings. The maximum atomic E-state index is 14.5. The molecule has 3 aromatic rings. The van der Waals surface area contributed by atoms with Gasteiger partial charge in [-0.2, -0.15) is 0 Å². The van der Waals surface area contributed by atoms with Gasteiger partial charge in [0.05, 0.1) is 31.5 Å². The minimum absolute atomic E-state index is 0.0357. The summed E-state index contributed by atoms with van der Waals surface area (Å²) in [5.41, 5.74) is 1.11. The van der Waals surface area contributed by atoms with Gasteiger partial charge >= 0.3 is 12.1 Å². The lowest BCUT2D eigenvalue weighted by Gasteiger charge is -2.30. The topological polar surface area (TPSA) is 156 Å². The summed E-state index contributed by atoms with van der Waals surface area (Å²) in [5, 5.41) is 16.6. The highest BCUT2D eigenvalue weighted by atomic mass is 16.5. The second-order valence-electron chi connectivity index (χ2n) is 15.7. The molecule has 12 heteroatoms. The van der Waals surface area contributed by atoms with E-state index in [2.05, 4.69) is 10.6 Å². The predicted molar refractivity (Wildman–Crippen MR) is 203 cm³/mol. The van der Waals surface area contributed by atoms with Crippen LogP contribution in [0.1, 0.15) is 70.8 Å². The van der Waals surface area contributed by atoms with Crippen LogP contribution >= 0.6 is 0 Å². The molecule has 12 nitrogen and oxygen atoms in total. The van der Waals surface area contributed by atoms with Crippen molar-refractivity contribution in [2.45, 2.75) is 88.9 Å². The number of hydrogen-bond donors (Lipinski definition) is 3. The number of nitrogens with one attached hydrogen (secondary N) is 2. The summed E-state index contributed by atoms with van der Waals surface area (Å²) in [6, 6.07) is 13.4. The van der Waals surface area contributed by atoms with Crippen molar-refractivity contribution in [1.82, 2.24) is 20.5 Å². The summed E-state index contributed by atoms with van der Waals surface area (Å²) in [4.78, 5) is 61.0. The fraction of sp³-hybridized carbons (Fsp3) is 0.452. The molecule has 0 radical (unpaired) electrons. The summed E-state index contributed by atoms with van der Waals surface area (Å²) < 4.78 is 18.3. The molecule has 3 amide bonds. The minimum Gasteiger partial charge on any atom is -0.496 e. The molecule has 1 aliphatic carbocycles. The Hall–Kier alpha value is -5.39. The zero-order valence-electron chi connectivity index (χ0n) is 31.0. The number of amides is 3. The molecular formula is C42H48N4O8. The number of carboxylic acid groups (broad SMARTS) is 1. The van der Waals surface area contributed by atoms with Crippen LogP contribution in [0, 0.1) is 11.3 Å². The molecule has 1 saturated carbocycles. The van der Waals surface area contributed by atoms with Gasteiger partial charge in [-0.15, -0.1) is 0 Å². The molecule has 3 aliphatic heterocycles. The van der Waals surface area contributed by atoms with Crippen molar-refractivity contribution in [1.29, 1.82) is 0 Å². The quantitative estimate of drug-likeness (QED) is 0.264. The molecule has 3 N–H and O–H groups in total. The molecule has 4 aliphatic rings. The van der Waals surface area contributed by atoms with Crippen molar-refractivity contribution < 1.29 is 38.5 Å². The lowest BCUT2D eigenvalue weighted by atomic mass is 9.90. The van der Waals surface area contributed by atoms with Crippen molar-refractivity contribution in [3.05, 3.63) is 72.3 Å². The van der Waals surface area contributed by atoms with Crippen molar-refractivity contribution in [2.75, 3.05) is 20.3 Å². The van der Waals surface area contributed by atoms with E-state index in [-0.39, 0.29) is 31.9 Å². The number of carbonyl (C=O) groups excluding carboxylic acids is 3. The van der Waals surface area contributed by atoms with E-state index in [1.165, 1.54) is 4.90 Å². The van der Waals surface area contributed by atoms with Crippen LogP contribution in [0.25, 0.3) is 28.2 Å². The number of pyridine rings is 1. The molecule has 4 heterocycles. The number of cyclic esters (lactones) is 1. The van der Waals surface area contributed by atoms with Crippen LogP contribution in [0.5, 0.6) is 11.5 Å². The van der Waals surface area contributed by atoms with Crippen LogP contribution in [-0.2, 0) is 19.1 Å². The fourth-order valence-electron chi connectivity index (χ4n) is 7.74. The van der Waals surface area contributed by atoms with Crippen LogP contribution in [0.2, 0.25) is 0 Å². The van der Waals surface area contributed by atoms with Gasteiger partial charge in [0, 0.05) is 46.4 Å². The Morgan fingerprint density at radius 2 is 1.87 bits per heavy atom. The van der Waals surface area contributed by atoms with E-state index in [0.29, 0.717) is 42.0 Å². The highest BCUT2D eigenvalue weighted by molar-refractivity contribution is 5.96. The smallest absolute Gasteiger partial charge is 0.407 e. The third kappa shape index (κ3) is 7.78. The normalized spacial score (nSPS) is 28.5. The number of hydrogen-bond acceptors (Lipinski definition) is 8. The van der Waals surface area contributed by atoms with E-state index in [9.17, 15) is 24.3 Å². The van der Waals surface area contributed by atoms with Gasteiger partial charge in [0.1, 0.15) is 35.2 Å². The van der Waals surface area contributed by atoms with E-state index in [4.69, 9.17) is 19.2 Å². The first-order chi connectivity index (χ1) is 26.0. The van der Waals surface area contributed by atoms with Gasteiger partial charge in [0.2, 0.25) is 11.8 Å². The number of fused-ring (bicyclic) bond motifs is 4. The first-order valence-electron chi connectivity index (χ1n) is 18.8. The molecule has 7 rings (SSSR count). The van der Waals surface area contributed by atoms with Gasteiger partial charge in [-0.05, 0) is 38.2 Å². The summed E-state index contributed by atoms with van der Waals surface area (Å²) in [6.07, 6.45) is 10.8. The maximum Gasteiger partial charge on any atom is 0.407 e. The maximum absolute atomic E-state index is 14.5. The average Bonchev–Trinajstić information content (AvgIpc) is 3.69. The van der Waals surface area contributed by atoms with Crippen LogP contribution in [0.4, 0.5) is 4.79 Å². The SMILES string of the molecule is COc1cc2nc(-c3ccccc3)cc3c2cc1/C=C/CC(C)(C)COC(=O)N[C@H]1CCCCC/C=C/[C@@H]2C[C@@]2(C(=O)O)NC(=O)[C@@H]2C[C@H](CN2C1=O)O3. The van der Waals surface area contributed by atoms with Gasteiger partial charge < -0.3 is 34.9 Å². The monoisotopic (exact) mass is 736 g/mol. The molecule has 0 unspecified atom stereocenters. The summed E-state index contributed by atoms with van der Waals surface area (Å²) in [5.74, 6) is -1.34. The molecule has 1 aromatic heterocycles. The van der Waals surface area contributed by atoms with Crippen LogP contribution in [-0.4, -0.2) is 82.9 Å². The van der Waals surface area contributed by atoms with Gasteiger partial charge in [-0.25, -0.2) is 14.6 Å². The van der Waals surface area contributed by atoms with Gasteiger partial charge in [-0.1, -0.05) is 81.3 Å². The minimum atomic E-state index is -1.45. The molecule has 5 bridgehead atoms. The lowest BCUT2D eigenvalue weighted by Crippen LogP contribution is -2.56. The number of carbonyl (C=O) groups is 4. The Kier molecular flexibility index (Phi) is 10.4. The highest BCUT2D eigenvalue weighted by Crippen LogP contribution is 2.46. The Labute approximate surface area is 314 Å². The Morgan fingerprint density at radius 1 is 1.06 bits per heavy atom. The van der Waals surface area contributed by atoms with E-state index >= 15 is 0 Å². The zero-order valence-corrected chi connectivity index (χ0v) is 31.0. The van der Waals surface area contributed by atoms with E-state index < -0.39 is 53.0 Å². The Bertz CT molecular complexity index is 1990. The number of allylic oxidation sites excluding steroid dienone is 2. The van der Waals surface area contributed by atoms with Gasteiger partial charge in [0.15, 0.2) is 0 Å². The number of aromatic nitrogens is 1. The summed E-state index contributed by atoms with van der Waals surface area (Å²) >= 11 is 0. The van der Waals surface area contributed by atoms with E-state index in [1.807, 2.05) is 86.7 Å². The van der Waals surface area contributed by atoms with Crippen molar-refractivity contribution in [3.63, 3.8) is 0 Å². The number of alkyl carbamates (subject to hydrolysis) is 1. The highest BCUT2D eigenvalue weighted by Gasteiger charge is 2.61. The molecular weight excluding hydrogens is 688 g/mol. The third-order valence-corrected chi connectivity index (χ3v) is 11.0. The van der Waals surface area contributed by atoms with Gasteiger partial charge in [-0.3, -0.25) is 9.59 Å². The van der Waals surface area contributed by atoms with Crippen LogP contribution in [0.3, 0.4) is 0 Å². The van der Waals surface area contributed by atoms with E-state index in [1.54, 1.807) is 7.11 Å². The third-order valence-electron chi connectivity index (χ3n) is 11.0. The number of aliphatic carboxylic acids is 1. The van der Waals surface area contributed by atoms with Crippen molar-refractivity contribution >= 4 is 40.9 Å². The van der Waals surface area contributed by atoms with Crippen LogP contribution in [0.15, 0.2) is 66.8 Å². The fourth-order valence-corrected chi connectivity index (χ4v) is 7.74. The summed E-state index contributed by atoms with van der Waals surface area (Å²) in [7, 11) is 1.61. The predicted octanol–water partition coefficient (Wildman–Crippen LogP) is 6.28. The number of carboxylic acids is 1. The van der Waals surface area contributed by atoms with E-state index in [0.717, 1.165) is 35.8 Å². The molecule has 2 aromatic carbocycles. The van der Waals surface area contributed by atoms with Gasteiger partial charge in [0.25, 0.3) is 0 Å². The lowest BCUT2D eigenvalue weighted by molar-refractivity contribution is -0.145. The number of ether oxygens (including phenoxy) is 3. The van der Waals surface area contributed by atoms with Crippen LogP contribution < -0.4 is 20.1 Å². The summed E-state index contributed by atoms with van der Waals surface area (Å²) in [6.45, 7) is 4.12. The molecule has 1 saturated heterocycles. The molecule has 0 spiro atoms. The molecule has 54 heavy (non-hydrogen) atoms. The second-order valence-corrected chi connectivity index (χ2v) is 15.7. The first-order valence-corrected chi connectivity index (χ1v) is 18.8. The Morgan fingerprint density at radius 3 is 2.65 bits per heavy atom. The molecule has 5 atom stereocenters. The molecule has 284 valence electrons. The largest absolute Gasteiger partial charge is 0.496 e. The average molecular weight is 737 g/mol. The Balaban J connectivity index is 1.33. The number of benzene rings is 2. The zero-order chi connectivity index (χ0) is 38.0. The van der Waals surface area contributed by atoms with Crippen molar-refractivity contribution in [3.8, 4) is 22.8 Å². The number of rotatable bonds is 3. The number of methoxy groups -OCH3 is 1.